The van der Waals surface area contributed by atoms with Crippen LogP contribution in [-0.4, -0.2) is 19.7 Å². The number of H-pyrrole nitrogens is 1. The van der Waals surface area contributed by atoms with Crippen LogP contribution in [0.15, 0.2) is 120 Å². The minimum atomic E-state index is -0.133. The molecular weight excluding hydrogens is 458 g/mol. The standard InChI is InChI=1S/C31H25N5O/c37-31-28-19-27(24-5-2-1-3-6-24)30(35-29(28)15-17-33-31)25-11-7-22(8-12-25)20-32-21-23-9-13-26(14-10-23)36-18-4-16-34-36/h1-19,32H,20-21H2,(H,33,37). The molecule has 0 atom stereocenters. The monoisotopic (exact) mass is 483 g/mol. The molecule has 2 N–H and O–H groups in total. The van der Waals surface area contributed by atoms with Crippen molar-refractivity contribution >= 4 is 10.9 Å². The summed E-state index contributed by atoms with van der Waals surface area (Å²) in [4.78, 5) is 20.1. The molecule has 0 bridgehead atoms. The fraction of sp³-hybridized carbons (Fsp3) is 0.0645. The molecule has 180 valence electrons. The number of nitrogens with zero attached hydrogens (tertiary/aromatic N) is 3. The third-order valence-corrected chi connectivity index (χ3v) is 6.43. The first kappa shape index (κ1) is 22.6. The quantitative estimate of drug-likeness (QED) is 0.304. The van der Waals surface area contributed by atoms with Crippen molar-refractivity contribution < 1.29 is 0 Å². The van der Waals surface area contributed by atoms with E-state index in [-0.39, 0.29) is 5.56 Å². The Morgan fingerprint density at radius 2 is 1.51 bits per heavy atom. The molecule has 0 aliphatic heterocycles. The van der Waals surface area contributed by atoms with E-state index in [1.54, 1.807) is 12.4 Å². The van der Waals surface area contributed by atoms with Crippen molar-refractivity contribution in [3.05, 3.63) is 137 Å². The molecule has 0 saturated heterocycles. The molecule has 3 aromatic carbocycles. The second kappa shape index (κ2) is 10.0. The van der Waals surface area contributed by atoms with Gasteiger partial charge in [-0.15, -0.1) is 0 Å². The van der Waals surface area contributed by atoms with Crippen molar-refractivity contribution in [1.29, 1.82) is 0 Å². The molecule has 6 nitrogen and oxygen atoms in total. The molecule has 0 spiro atoms. The third kappa shape index (κ3) is 4.83. The number of rotatable bonds is 7. The Morgan fingerprint density at radius 3 is 2.22 bits per heavy atom. The first-order chi connectivity index (χ1) is 18.2. The Balaban J connectivity index is 1.20. The summed E-state index contributed by atoms with van der Waals surface area (Å²) in [5.74, 6) is 0. The largest absolute Gasteiger partial charge is 0.328 e. The van der Waals surface area contributed by atoms with Gasteiger partial charge in [0, 0.05) is 42.8 Å². The predicted octanol–water partition coefficient (Wildman–Crippen LogP) is 5.73. The van der Waals surface area contributed by atoms with E-state index in [1.807, 2.05) is 59.4 Å². The molecular formula is C31H25N5O. The maximum absolute atomic E-state index is 12.4. The van der Waals surface area contributed by atoms with Gasteiger partial charge in [0.15, 0.2) is 0 Å². The molecule has 37 heavy (non-hydrogen) atoms. The highest BCUT2D eigenvalue weighted by Crippen LogP contribution is 2.32. The van der Waals surface area contributed by atoms with E-state index >= 15 is 0 Å². The average Bonchev–Trinajstić information content (AvgIpc) is 3.49. The molecule has 0 fully saturated rings. The third-order valence-electron chi connectivity index (χ3n) is 6.43. The maximum Gasteiger partial charge on any atom is 0.257 e. The van der Waals surface area contributed by atoms with Crippen LogP contribution in [0.2, 0.25) is 0 Å². The average molecular weight is 484 g/mol. The summed E-state index contributed by atoms with van der Waals surface area (Å²) in [6.07, 6.45) is 5.36. The van der Waals surface area contributed by atoms with Crippen LogP contribution in [0, 0.1) is 0 Å². The van der Waals surface area contributed by atoms with Gasteiger partial charge in [0.2, 0.25) is 0 Å². The van der Waals surface area contributed by atoms with Crippen LogP contribution < -0.4 is 10.9 Å². The molecule has 0 aliphatic rings. The topological polar surface area (TPSA) is 75.6 Å². The van der Waals surface area contributed by atoms with Gasteiger partial charge in [0.05, 0.1) is 22.3 Å². The van der Waals surface area contributed by atoms with Crippen LogP contribution in [0.5, 0.6) is 0 Å². The summed E-state index contributed by atoms with van der Waals surface area (Å²) in [7, 11) is 0. The SMILES string of the molecule is O=c1[nH]ccc2nc(-c3ccc(CNCc4ccc(-n5cccn5)cc4)cc3)c(-c3ccccc3)cc12. The lowest BCUT2D eigenvalue weighted by Gasteiger charge is -2.12. The summed E-state index contributed by atoms with van der Waals surface area (Å²) >= 11 is 0. The van der Waals surface area contributed by atoms with Crippen LogP contribution in [0.25, 0.3) is 39.0 Å². The van der Waals surface area contributed by atoms with Crippen LogP contribution in [0.3, 0.4) is 0 Å². The Bertz CT molecular complexity index is 1690. The van der Waals surface area contributed by atoms with Crippen LogP contribution >= 0.6 is 0 Å². The lowest BCUT2D eigenvalue weighted by atomic mass is 9.97. The van der Waals surface area contributed by atoms with Crippen LogP contribution in [-0.2, 0) is 13.1 Å². The van der Waals surface area contributed by atoms with Gasteiger partial charge in [-0.1, -0.05) is 66.7 Å². The predicted molar refractivity (Wildman–Crippen MR) is 147 cm³/mol. The molecule has 3 heterocycles. The molecule has 3 aromatic heterocycles. The van der Waals surface area contributed by atoms with E-state index in [4.69, 9.17) is 4.98 Å². The molecule has 0 unspecified atom stereocenters. The molecule has 6 heteroatoms. The van der Waals surface area contributed by atoms with Gasteiger partial charge in [-0.25, -0.2) is 9.67 Å². The van der Waals surface area contributed by atoms with Crippen LogP contribution in [0.1, 0.15) is 11.1 Å². The van der Waals surface area contributed by atoms with Gasteiger partial charge in [-0.3, -0.25) is 4.79 Å². The van der Waals surface area contributed by atoms with Crippen molar-refractivity contribution in [3.63, 3.8) is 0 Å². The van der Waals surface area contributed by atoms with Crippen molar-refractivity contribution in [1.82, 2.24) is 25.1 Å². The van der Waals surface area contributed by atoms with Crippen molar-refractivity contribution in [2.24, 2.45) is 0 Å². The number of fused-ring (bicyclic) bond motifs is 1. The fourth-order valence-electron chi connectivity index (χ4n) is 4.49. The summed E-state index contributed by atoms with van der Waals surface area (Å²) in [6, 6.07) is 32.6. The highest BCUT2D eigenvalue weighted by molar-refractivity contribution is 5.91. The first-order valence-electron chi connectivity index (χ1n) is 12.2. The van der Waals surface area contributed by atoms with Crippen molar-refractivity contribution in [2.75, 3.05) is 0 Å². The van der Waals surface area contributed by atoms with E-state index in [2.05, 4.69) is 63.9 Å². The van der Waals surface area contributed by atoms with E-state index in [1.165, 1.54) is 11.1 Å². The highest BCUT2D eigenvalue weighted by Gasteiger charge is 2.13. The van der Waals surface area contributed by atoms with Gasteiger partial charge in [0.1, 0.15) is 0 Å². The Labute approximate surface area is 214 Å². The molecule has 6 rings (SSSR count). The van der Waals surface area contributed by atoms with Crippen molar-refractivity contribution in [3.8, 4) is 28.1 Å². The Kier molecular flexibility index (Phi) is 6.15. The second-order valence-electron chi connectivity index (χ2n) is 8.91. The molecule has 6 aromatic rings. The van der Waals surface area contributed by atoms with Crippen LogP contribution in [0.4, 0.5) is 0 Å². The lowest BCUT2D eigenvalue weighted by Crippen LogP contribution is -2.12. The minimum absolute atomic E-state index is 0.133. The summed E-state index contributed by atoms with van der Waals surface area (Å²) < 4.78 is 1.85. The number of benzene rings is 3. The Morgan fingerprint density at radius 1 is 0.784 bits per heavy atom. The van der Waals surface area contributed by atoms with Crippen molar-refractivity contribution in [2.45, 2.75) is 13.1 Å². The normalized spacial score (nSPS) is 11.1. The smallest absolute Gasteiger partial charge is 0.257 e. The highest BCUT2D eigenvalue weighted by atomic mass is 16.1. The van der Waals surface area contributed by atoms with Gasteiger partial charge < -0.3 is 10.3 Å². The first-order valence-corrected chi connectivity index (χ1v) is 12.2. The number of pyridine rings is 2. The van der Waals surface area contributed by atoms with Gasteiger partial charge in [-0.05, 0) is 47.0 Å². The number of hydrogen-bond acceptors (Lipinski definition) is 4. The molecule has 0 radical (unpaired) electrons. The Hall–Kier alpha value is -4.81. The van der Waals surface area contributed by atoms with E-state index in [0.717, 1.165) is 41.2 Å². The number of aromatic nitrogens is 4. The fourth-order valence-corrected chi connectivity index (χ4v) is 4.49. The molecule has 0 saturated carbocycles. The maximum atomic E-state index is 12.4. The number of aromatic amines is 1. The van der Waals surface area contributed by atoms with Gasteiger partial charge >= 0.3 is 0 Å². The van der Waals surface area contributed by atoms with Gasteiger partial charge in [-0.2, -0.15) is 5.10 Å². The van der Waals surface area contributed by atoms with E-state index in [9.17, 15) is 4.79 Å². The summed E-state index contributed by atoms with van der Waals surface area (Å²) in [5, 5.41) is 8.38. The zero-order valence-electron chi connectivity index (χ0n) is 20.1. The summed E-state index contributed by atoms with van der Waals surface area (Å²) in [6.45, 7) is 1.54. The van der Waals surface area contributed by atoms with Gasteiger partial charge in [0.25, 0.3) is 5.56 Å². The zero-order valence-corrected chi connectivity index (χ0v) is 20.1. The minimum Gasteiger partial charge on any atom is -0.328 e. The van der Waals surface area contributed by atoms with E-state index in [0.29, 0.717) is 10.9 Å². The number of nitrogens with one attached hydrogen (secondary N) is 2. The molecule has 0 amide bonds. The second-order valence-corrected chi connectivity index (χ2v) is 8.91. The lowest BCUT2D eigenvalue weighted by molar-refractivity contribution is 0.693. The van der Waals surface area contributed by atoms with E-state index < -0.39 is 0 Å². The summed E-state index contributed by atoms with van der Waals surface area (Å²) in [5.41, 5.74) is 7.85. The molecule has 0 aliphatic carbocycles. The zero-order chi connectivity index (χ0) is 25.0. The number of hydrogen-bond donors (Lipinski definition) is 2.